The van der Waals surface area contributed by atoms with E-state index in [-0.39, 0.29) is 0 Å². The Balaban J connectivity index is 2.40. The molecular weight excluding hydrogens is 164 g/mol. The molecule has 0 aromatic carbocycles. The molecular formula is C10H18N2O. The maximum absolute atomic E-state index is 10.1. The van der Waals surface area contributed by atoms with Crippen molar-refractivity contribution >= 4 is 0 Å². The first kappa shape index (κ1) is 10.5. The summed E-state index contributed by atoms with van der Waals surface area (Å²) in [5.74, 6) is 0. The molecule has 74 valence electrons. The van der Waals surface area contributed by atoms with Gasteiger partial charge in [0.2, 0.25) is 0 Å². The summed E-state index contributed by atoms with van der Waals surface area (Å²) in [5, 5.41) is 18.6. The van der Waals surface area contributed by atoms with Crippen molar-refractivity contribution in [1.29, 1.82) is 5.26 Å². The molecule has 0 atom stereocenters. The van der Waals surface area contributed by atoms with Gasteiger partial charge in [0.25, 0.3) is 0 Å². The molecule has 1 saturated carbocycles. The van der Waals surface area contributed by atoms with Crippen LogP contribution in [0.25, 0.3) is 0 Å². The summed E-state index contributed by atoms with van der Waals surface area (Å²) in [6.45, 7) is 3.96. The van der Waals surface area contributed by atoms with Crippen LogP contribution in [0.15, 0.2) is 0 Å². The lowest BCUT2D eigenvalue weighted by atomic mass is 10.0. The van der Waals surface area contributed by atoms with Crippen molar-refractivity contribution < 1.29 is 5.11 Å². The number of likely N-dealkylation sites (N-methyl/N-ethyl adjacent to an activating group) is 1. The van der Waals surface area contributed by atoms with Gasteiger partial charge in [-0.05, 0) is 19.4 Å². The fraction of sp³-hybridized carbons (Fsp3) is 0.900. The van der Waals surface area contributed by atoms with Crippen LogP contribution in [0.1, 0.15) is 32.6 Å². The zero-order chi connectivity index (χ0) is 9.73. The third kappa shape index (κ3) is 2.98. The quantitative estimate of drug-likeness (QED) is 0.663. The van der Waals surface area contributed by atoms with Crippen LogP contribution < -0.4 is 0 Å². The van der Waals surface area contributed by atoms with Crippen molar-refractivity contribution in [3.63, 3.8) is 0 Å². The van der Waals surface area contributed by atoms with Gasteiger partial charge < -0.3 is 5.11 Å². The van der Waals surface area contributed by atoms with E-state index in [1.807, 2.05) is 11.8 Å². The van der Waals surface area contributed by atoms with E-state index in [1.54, 1.807) is 0 Å². The number of rotatable bonds is 4. The fourth-order valence-corrected chi connectivity index (χ4v) is 1.99. The second-order valence-corrected chi connectivity index (χ2v) is 3.89. The Labute approximate surface area is 80.0 Å². The van der Waals surface area contributed by atoms with Crippen molar-refractivity contribution in [3.8, 4) is 6.07 Å². The van der Waals surface area contributed by atoms with Crippen LogP contribution in [-0.2, 0) is 0 Å². The summed E-state index contributed by atoms with van der Waals surface area (Å²) in [4.78, 5) is 2.01. The van der Waals surface area contributed by atoms with E-state index in [4.69, 9.17) is 5.26 Å². The van der Waals surface area contributed by atoms with E-state index in [9.17, 15) is 5.11 Å². The minimum Gasteiger partial charge on any atom is -0.389 e. The van der Waals surface area contributed by atoms with Crippen LogP contribution in [0.5, 0.6) is 0 Å². The van der Waals surface area contributed by atoms with Crippen LogP contribution in [0.2, 0.25) is 0 Å². The smallest absolute Gasteiger partial charge is 0.0866 e. The van der Waals surface area contributed by atoms with Gasteiger partial charge in [0.1, 0.15) is 0 Å². The number of aliphatic hydroxyl groups is 1. The van der Waals surface area contributed by atoms with E-state index in [0.29, 0.717) is 13.1 Å². The van der Waals surface area contributed by atoms with Crippen LogP contribution in [-0.4, -0.2) is 35.2 Å². The van der Waals surface area contributed by atoms with Gasteiger partial charge in [-0.25, -0.2) is 0 Å². The number of nitriles is 1. The monoisotopic (exact) mass is 182 g/mol. The fourth-order valence-electron chi connectivity index (χ4n) is 1.99. The molecule has 0 bridgehead atoms. The normalized spacial score (nSPS) is 20.5. The van der Waals surface area contributed by atoms with E-state index < -0.39 is 5.60 Å². The Hall–Kier alpha value is -0.590. The maximum Gasteiger partial charge on any atom is 0.0866 e. The molecule has 1 fully saturated rings. The highest BCUT2D eigenvalue weighted by molar-refractivity contribution is 4.89. The van der Waals surface area contributed by atoms with Gasteiger partial charge in [-0.2, -0.15) is 5.26 Å². The Morgan fingerprint density at radius 3 is 2.54 bits per heavy atom. The summed E-state index contributed by atoms with van der Waals surface area (Å²) >= 11 is 0. The third-order valence-corrected chi connectivity index (χ3v) is 2.79. The van der Waals surface area contributed by atoms with Crippen LogP contribution in [0, 0.1) is 11.3 Å². The summed E-state index contributed by atoms with van der Waals surface area (Å²) in [7, 11) is 0. The van der Waals surface area contributed by atoms with E-state index in [2.05, 4.69) is 6.07 Å². The van der Waals surface area contributed by atoms with Gasteiger partial charge in [-0.15, -0.1) is 0 Å². The van der Waals surface area contributed by atoms with Gasteiger partial charge in [-0.3, -0.25) is 4.90 Å². The summed E-state index contributed by atoms with van der Waals surface area (Å²) in [5.41, 5.74) is -0.507. The predicted octanol–water partition coefficient (Wildman–Crippen LogP) is 1.14. The third-order valence-electron chi connectivity index (χ3n) is 2.79. The van der Waals surface area contributed by atoms with Gasteiger partial charge in [0, 0.05) is 6.54 Å². The Kier molecular flexibility index (Phi) is 3.71. The lowest BCUT2D eigenvalue weighted by Crippen LogP contribution is -2.41. The molecule has 1 aliphatic rings. The summed E-state index contributed by atoms with van der Waals surface area (Å²) in [6.07, 6.45) is 4.05. The summed E-state index contributed by atoms with van der Waals surface area (Å²) in [6, 6.07) is 2.12. The molecule has 3 nitrogen and oxygen atoms in total. The molecule has 0 aromatic rings. The van der Waals surface area contributed by atoms with Crippen LogP contribution >= 0.6 is 0 Å². The van der Waals surface area contributed by atoms with Gasteiger partial charge in [0.05, 0.1) is 18.2 Å². The molecule has 0 aromatic heterocycles. The largest absolute Gasteiger partial charge is 0.389 e. The highest BCUT2D eigenvalue weighted by atomic mass is 16.3. The maximum atomic E-state index is 10.1. The van der Waals surface area contributed by atoms with E-state index >= 15 is 0 Å². The molecule has 0 saturated heterocycles. The topological polar surface area (TPSA) is 47.3 Å². The second kappa shape index (κ2) is 4.59. The van der Waals surface area contributed by atoms with Gasteiger partial charge >= 0.3 is 0 Å². The first-order valence-corrected chi connectivity index (χ1v) is 5.02. The first-order chi connectivity index (χ1) is 6.20. The summed E-state index contributed by atoms with van der Waals surface area (Å²) < 4.78 is 0. The SMILES string of the molecule is CCN(CC#N)CC1(O)CCCC1. The molecule has 0 radical (unpaired) electrons. The highest BCUT2D eigenvalue weighted by Gasteiger charge is 2.32. The number of hydrogen-bond acceptors (Lipinski definition) is 3. The molecule has 1 rings (SSSR count). The molecule has 13 heavy (non-hydrogen) atoms. The molecule has 0 heterocycles. The van der Waals surface area contributed by atoms with E-state index in [0.717, 1.165) is 32.2 Å². The Morgan fingerprint density at radius 1 is 1.46 bits per heavy atom. The Morgan fingerprint density at radius 2 is 2.08 bits per heavy atom. The van der Waals surface area contributed by atoms with Gasteiger partial charge in [0.15, 0.2) is 0 Å². The molecule has 0 amide bonds. The van der Waals surface area contributed by atoms with E-state index in [1.165, 1.54) is 0 Å². The minimum absolute atomic E-state index is 0.429. The van der Waals surface area contributed by atoms with Crippen molar-refractivity contribution in [2.75, 3.05) is 19.6 Å². The lowest BCUT2D eigenvalue weighted by molar-refractivity contribution is 0.0142. The zero-order valence-corrected chi connectivity index (χ0v) is 8.29. The molecule has 0 unspecified atom stereocenters. The predicted molar refractivity (Wildman–Crippen MR) is 51.1 cm³/mol. The molecule has 1 N–H and O–H groups in total. The Bertz CT molecular complexity index is 192. The van der Waals surface area contributed by atoms with Crippen molar-refractivity contribution in [1.82, 2.24) is 4.90 Å². The number of nitrogens with zero attached hydrogens (tertiary/aromatic N) is 2. The lowest BCUT2D eigenvalue weighted by Gasteiger charge is -2.28. The van der Waals surface area contributed by atoms with Crippen molar-refractivity contribution in [2.24, 2.45) is 0 Å². The van der Waals surface area contributed by atoms with Crippen LogP contribution in [0.4, 0.5) is 0 Å². The van der Waals surface area contributed by atoms with Gasteiger partial charge in [-0.1, -0.05) is 19.8 Å². The average molecular weight is 182 g/mol. The first-order valence-electron chi connectivity index (χ1n) is 5.02. The average Bonchev–Trinajstić information content (AvgIpc) is 2.51. The zero-order valence-electron chi connectivity index (χ0n) is 8.29. The number of hydrogen-bond donors (Lipinski definition) is 1. The molecule has 3 heteroatoms. The minimum atomic E-state index is -0.507. The molecule has 0 aliphatic heterocycles. The molecule has 0 spiro atoms. The molecule has 1 aliphatic carbocycles. The van der Waals surface area contributed by atoms with Crippen molar-refractivity contribution in [2.45, 2.75) is 38.2 Å². The van der Waals surface area contributed by atoms with Crippen LogP contribution in [0.3, 0.4) is 0 Å². The highest BCUT2D eigenvalue weighted by Crippen LogP contribution is 2.29. The van der Waals surface area contributed by atoms with Crippen molar-refractivity contribution in [3.05, 3.63) is 0 Å². The standard InChI is InChI=1S/C10H18N2O/c1-2-12(8-7-11)9-10(13)5-3-4-6-10/h13H,2-6,8-9H2,1H3. The second-order valence-electron chi connectivity index (χ2n) is 3.89.